The highest BCUT2D eigenvalue weighted by molar-refractivity contribution is 5.96. The van der Waals surface area contributed by atoms with Gasteiger partial charge in [0.25, 0.3) is 5.91 Å². The van der Waals surface area contributed by atoms with E-state index in [1.165, 1.54) is 11.0 Å². The molecule has 1 heterocycles. The van der Waals surface area contributed by atoms with Crippen molar-refractivity contribution in [2.45, 2.75) is 31.2 Å². The Morgan fingerprint density at radius 2 is 1.77 bits per heavy atom. The number of nitrogens with two attached hydrogens (primary N) is 1. The van der Waals surface area contributed by atoms with Crippen LogP contribution in [0.5, 0.6) is 0 Å². The molecular formula is C17H20F6N4O3. The molecule has 2 rings (SSSR count). The second-order valence-electron chi connectivity index (χ2n) is 6.85. The van der Waals surface area contributed by atoms with Gasteiger partial charge in [-0.25, -0.2) is 4.79 Å². The lowest BCUT2D eigenvalue weighted by molar-refractivity contribution is -0.171. The molecule has 1 aromatic rings. The molecule has 0 bridgehead atoms. The fourth-order valence-electron chi connectivity index (χ4n) is 3.20. The number of nitrogen functional groups attached to an aromatic ring is 1. The highest BCUT2D eigenvalue weighted by Gasteiger charge is 2.40. The summed E-state index contributed by atoms with van der Waals surface area (Å²) in [4.78, 5) is 24.3. The number of hydrogen-bond acceptors (Lipinski definition) is 4. The van der Waals surface area contributed by atoms with Crippen LogP contribution < -0.4 is 11.1 Å². The number of carbonyl (C=O) groups is 2. The summed E-state index contributed by atoms with van der Waals surface area (Å²) < 4.78 is 75.6. The molecule has 0 spiro atoms. The number of hydrogen-bond donors (Lipinski definition) is 3. The van der Waals surface area contributed by atoms with Crippen LogP contribution in [0.15, 0.2) is 18.2 Å². The number of alkyl halides is 6. The van der Waals surface area contributed by atoms with Gasteiger partial charge in [0, 0.05) is 18.7 Å². The zero-order valence-corrected chi connectivity index (χ0v) is 15.6. The number of likely N-dealkylation sites (tertiary alicyclic amines) is 1. The molecule has 30 heavy (non-hydrogen) atoms. The van der Waals surface area contributed by atoms with Crippen molar-refractivity contribution in [3.8, 4) is 0 Å². The Morgan fingerprint density at radius 3 is 2.27 bits per heavy atom. The molecule has 168 valence electrons. The Morgan fingerprint density at radius 1 is 1.17 bits per heavy atom. The third kappa shape index (κ3) is 6.59. The first kappa shape index (κ1) is 23.4. The van der Waals surface area contributed by atoms with Gasteiger partial charge in [-0.1, -0.05) is 0 Å². The first-order chi connectivity index (χ1) is 13.8. The number of halogens is 6. The number of carbonyl (C=O) groups excluding carboxylic acids is 1. The molecule has 0 saturated carbocycles. The zero-order valence-electron chi connectivity index (χ0n) is 15.6. The number of carboxylic acid groups (broad SMARTS) is 1. The summed E-state index contributed by atoms with van der Waals surface area (Å²) in [5, 5.41) is 12.0. The van der Waals surface area contributed by atoms with E-state index in [2.05, 4.69) is 5.32 Å². The van der Waals surface area contributed by atoms with Crippen LogP contribution in [0, 0.1) is 0 Å². The molecule has 1 aliphatic rings. The summed E-state index contributed by atoms with van der Waals surface area (Å²) in [6.45, 7) is -3.52. The van der Waals surface area contributed by atoms with Gasteiger partial charge in [-0.3, -0.25) is 4.79 Å². The van der Waals surface area contributed by atoms with Gasteiger partial charge in [-0.2, -0.15) is 26.3 Å². The molecule has 2 amide bonds. The lowest BCUT2D eigenvalue weighted by Crippen LogP contribution is -2.44. The Kier molecular flexibility index (Phi) is 6.93. The van der Waals surface area contributed by atoms with Gasteiger partial charge in [0.2, 0.25) is 0 Å². The number of benzene rings is 1. The van der Waals surface area contributed by atoms with Gasteiger partial charge in [-0.15, -0.1) is 0 Å². The average Bonchev–Trinajstić information content (AvgIpc) is 3.06. The molecule has 0 aromatic heterocycles. The quantitative estimate of drug-likeness (QED) is 0.464. The van der Waals surface area contributed by atoms with E-state index in [0.29, 0.717) is 19.4 Å². The minimum atomic E-state index is -5.01. The number of anilines is 2. The maximum atomic E-state index is 12.6. The van der Waals surface area contributed by atoms with Crippen LogP contribution in [0.25, 0.3) is 0 Å². The maximum Gasteiger partial charge on any atom is 0.407 e. The van der Waals surface area contributed by atoms with Crippen molar-refractivity contribution in [3.63, 3.8) is 0 Å². The van der Waals surface area contributed by atoms with Crippen LogP contribution in [0.4, 0.5) is 42.5 Å². The first-order valence-electron chi connectivity index (χ1n) is 8.82. The summed E-state index contributed by atoms with van der Waals surface area (Å²) in [5.74, 6) is -1.46. The standard InChI is InChI=1S/C17H20F6N4O3/c18-16(19,20)8-26(9-17(21,22)23)14(28)10-3-4-13(12(24)6-10)25-7-11-2-1-5-27(11)15(29)30/h3-4,6,11,25H,1-2,5,7-9,24H2,(H,29,30)/t11-/m1/s1. The van der Waals surface area contributed by atoms with Crippen LogP contribution in [0.3, 0.4) is 0 Å². The molecule has 1 fully saturated rings. The number of nitrogens with one attached hydrogen (secondary N) is 1. The summed E-state index contributed by atoms with van der Waals surface area (Å²) in [5.41, 5.74) is 5.56. The van der Waals surface area contributed by atoms with Gasteiger partial charge in [-0.05, 0) is 31.0 Å². The van der Waals surface area contributed by atoms with Crippen LogP contribution in [0.1, 0.15) is 23.2 Å². The number of nitrogens with zero attached hydrogens (tertiary/aromatic N) is 2. The molecule has 1 saturated heterocycles. The molecular weight excluding hydrogens is 422 g/mol. The van der Waals surface area contributed by atoms with E-state index < -0.39 is 43.0 Å². The Balaban J connectivity index is 2.11. The SMILES string of the molecule is Nc1cc(C(=O)N(CC(F)(F)F)CC(F)(F)F)ccc1NC[C@H]1CCCN1C(=O)O. The molecule has 0 aliphatic carbocycles. The normalized spacial score (nSPS) is 17.1. The summed E-state index contributed by atoms with van der Waals surface area (Å²) in [7, 11) is 0. The molecule has 1 atom stereocenters. The van der Waals surface area contributed by atoms with Crippen LogP contribution in [-0.2, 0) is 0 Å². The van der Waals surface area contributed by atoms with E-state index in [1.807, 2.05) is 0 Å². The van der Waals surface area contributed by atoms with Crippen molar-refractivity contribution in [1.82, 2.24) is 9.80 Å². The number of rotatable bonds is 6. The van der Waals surface area contributed by atoms with Crippen molar-refractivity contribution in [2.24, 2.45) is 0 Å². The lowest BCUT2D eigenvalue weighted by atomic mass is 10.1. The molecule has 1 aliphatic heterocycles. The van der Waals surface area contributed by atoms with Gasteiger partial charge in [0.1, 0.15) is 13.1 Å². The van der Waals surface area contributed by atoms with Gasteiger partial charge >= 0.3 is 18.4 Å². The highest BCUT2D eigenvalue weighted by Crippen LogP contribution is 2.26. The first-order valence-corrected chi connectivity index (χ1v) is 8.82. The lowest BCUT2D eigenvalue weighted by Gasteiger charge is -2.25. The smallest absolute Gasteiger partial charge is 0.407 e. The van der Waals surface area contributed by atoms with Gasteiger partial charge in [0.05, 0.1) is 17.4 Å². The second kappa shape index (κ2) is 8.88. The molecule has 13 heteroatoms. The summed E-state index contributed by atoms with van der Waals surface area (Å²) >= 11 is 0. The third-order valence-corrected chi connectivity index (χ3v) is 4.48. The van der Waals surface area contributed by atoms with Crippen molar-refractivity contribution in [3.05, 3.63) is 23.8 Å². The third-order valence-electron chi connectivity index (χ3n) is 4.48. The molecule has 1 aromatic carbocycles. The van der Waals surface area contributed by atoms with Crippen LogP contribution in [0.2, 0.25) is 0 Å². The Hall–Kier alpha value is -2.86. The fraction of sp³-hybridized carbons (Fsp3) is 0.529. The number of amides is 2. The van der Waals surface area contributed by atoms with Crippen LogP contribution >= 0.6 is 0 Å². The Labute approximate surface area is 167 Å². The Bertz CT molecular complexity index is 768. The minimum absolute atomic E-state index is 0.0697. The average molecular weight is 442 g/mol. The largest absolute Gasteiger partial charge is 0.465 e. The second-order valence-corrected chi connectivity index (χ2v) is 6.85. The van der Waals surface area contributed by atoms with Crippen molar-refractivity contribution in [2.75, 3.05) is 37.2 Å². The minimum Gasteiger partial charge on any atom is -0.465 e. The van der Waals surface area contributed by atoms with E-state index in [-0.39, 0.29) is 28.9 Å². The molecule has 7 nitrogen and oxygen atoms in total. The van der Waals surface area contributed by atoms with Crippen molar-refractivity contribution >= 4 is 23.4 Å². The van der Waals surface area contributed by atoms with E-state index in [9.17, 15) is 35.9 Å². The predicted molar refractivity (Wildman–Crippen MR) is 95.1 cm³/mol. The highest BCUT2D eigenvalue weighted by atomic mass is 19.4. The van der Waals surface area contributed by atoms with Gasteiger partial charge in [0.15, 0.2) is 0 Å². The van der Waals surface area contributed by atoms with Gasteiger partial charge < -0.3 is 26.0 Å². The van der Waals surface area contributed by atoms with Crippen LogP contribution in [-0.4, -0.2) is 71.5 Å². The van der Waals surface area contributed by atoms with E-state index >= 15 is 0 Å². The summed E-state index contributed by atoms with van der Waals surface area (Å²) in [6.07, 6.45) is -9.77. The molecule has 0 unspecified atom stereocenters. The monoisotopic (exact) mass is 442 g/mol. The topological polar surface area (TPSA) is 98.9 Å². The fourth-order valence-corrected chi connectivity index (χ4v) is 3.20. The zero-order chi connectivity index (χ0) is 22.7. The van der Waals surface area contributed by atoms with Crippen molar-refractivity contribution < 1.29 is 41.0 Å². The van der Waals surface area contributed by atoms with Crippen molar-refractivity contribution in [1.29, 1.82) is 0 Å². The van der Waals surface area contributed by atoms with E-state index in [0.717, 1.165) is 12.1 Å². The predicted octanol–water partition coefficient (Wildman–Crippen LogP) is 3.39. The van der Waals surface area contributed by atoms with E-state index in [4.69, 9.17) is 10.8 Å². The maximum absolute atomic E-state index is 12.6. The molecule has 0 radical (unpaired) electrons. The summed E-state index contributed by atoms with van der Waals surface area (Å²) in [6, 6.07) is 2.98. The molecule has 4 N–H and O–H groups in total. The van der Waals surface area contributed by atoms with E-state index in [1.54, 1.807) is 0 Å².